The molecular formula is C12H13NO3. The molecule has 0 fully saturated rings. The molecule has 0 aromatic rings. The molecule has 4 heteroatoms. The van der Waals surface area contributed by atoms with E-state index in [2.05, 4.69) is 0 Å². The number of nitriles is 1. The van der Waals surface area contributed by atoms with Gasteiger partial charge in [0.2, 0.25) is 0 Å². The Kier molecular flexibility index (Phi) is 3.07. The van der Waals surface area contributed by atoms with Crippen molar-refractivity contribution >= 4 is 5.97 Å². The molecule has 0 spiro atoms. The van der Waals surface area contributed by atoms with Gasteiger partial charge in [0.1, 0.15) is 0 Å². The normalized spacial score (nSPS) is 32.2. The van der Waals surface area contributed by atoms with Crippen molar-refractivity contribution in [2.24, 2.45) is 5.92 Å². The number of hydrogen-bond acceptors (Lipinski definition) is 4. The number of carbonyl (C=O) groups is 1. The van der Waals surface area contributed by atoms with Gasteiger partial charge in [0.25, 0.3) is 0 Å². The van der Waals surface area contributed by atoms with E-state index in [0.717, 1.165) is 12.0 Å². The van der Waals surface area contributed by atoms with Crippen molar-refractivity contribution in [2.45, 2.75) is 25.0 Å². The summed E-state index contributed by atoms with van der Waals surface area (Å²) in [5, 5.41) is 8.80. The third-order valence-corrected chi connectivity index (χ3v) is 2.94. The summed E-state index contributed by atoms with van der Waals surface area (Å²) in [4.78, 5) is 11.6. The Morgan fingerprint density at radius 1 is 1.69 bits per heavy atom. The lowest BCUT2D eigenvalue weighted by Gasteiger charge is -2.33. The molecule has 2 rings (SSSR count). The second-order valence-electron chi connectivity index (χ2n) is 3.88. The highest BCUT2D eigenvalue weighted by Gasteiger charge is 2.37. The summed E-state index contributed by atoms with van der Waals surface area (Å²) in [6.45, 7) is 0. The molecule has 0 aromatic carbocycles. The number of esters is 1. The van der Waals surface area contributed by atoms with Gasteiger partial charge in [-0.1, -0.05) is 12.2 Å². The second kappa shape index (κ2) is 4.50. The third kappa shape index (κ3) is 1.86. The number of nitrogens with zero attached hydrogens (tertiary/aromatic N) is 1. The van der Waals surface area contributed by atoms with Crippen molar-refractivity contribution in [1.82, 2.24) is 0 Å². The first kappa shape index (κ1) is 10.9. The minimum Gasteiger partial charge on any atom is -0.469 e. The maximum Gasteiger partial charge on any atom is 0.311 e. The SMILES string of the molecule is COC(=O)[C@H]1CCC=C2C=C[C@@H](C#N)O[C@H]21. The zero-order valence-corrected chi connectivity index (χ0v) is 9.05. The average molecular weight is 219 g/mol. The zero-order valence-electron chi connectivity index (χ0n) is 9.05. The smallest absolute Gasteiger partial charge is 0.311 e. The fourth-order valence-electron chi connectivity index (χ4n) is 2.13. The first-order valence-electron chi connectivity index (χ1n) is 5.27. The Balaban J connectivity index is 2.23. The van der Waals surface area contributed by atoms with Crippen LogP contribution in [0.5, 0.6) is 0 Å². The summed E-state index contributed by atoms with van der Waals surface area (Å²) >= 11 is 0. The van der Waals surface area contributed by atoms with Gasteiger partial charge < -0.3 is 9.47 Å². The molecule has 0 saturated heterocycles. The number of fused-ring (bicyclic) bond motifs is 1. The molecule has 0 amide bonds. The van der Waals surface area contributed by atoms with Crippen LogP contribution in [0.15, 0.2) is 23.8 Å². The molecule has 0 N–H and O–H groups in total. The summed E-state index contributed by atoms with van der Waals surface area (Å²) in [5.74, 6) is -0.548. The van der Waals surface area contributed by atoms with Gasteiger partial charge in [-0.2, -0.15) is 5.26 Å². The van der Waals surface area contributed by atoms with E-state index in [9.17, 15) is 4.79 Å². The quantitative estimate of drug-likeness (QED) is 0.624. The summed E-state index contributed by atoms with van der Waals surface area (Å²) in [5.41, 5.74) is 0.980. The largest absolute Gasteiger partial charge is 0.469 e. The van der Waals surface area contributed by atoms with Gasteiger partial charge in [-0.25, -0.2) is 0 Å². The van der Waals surface area contributed by atoms with Crippen LogP contribution in [0.3, 0.4) is 0 Å². The van der Waals surface area contributed by atoms with E-state index >= 15 is 0 Å². The lowest BCUT2D eigenvalue weighted by atomic mass is 9.84. The number of allylic oxidation sites excluding steroid dienone is 1. The molecule has 0 bridgehead atoms. The molecule has 84 valence electrons. The fraction of sp³-hybridized carbons (Fsp3) is 0.500. The van der Waals surface area contributed by atoms with Gasteiger partial charge in [-0.3, -0.25) is 4.79 Å². The van der Waals surface area contributed by atoms with Gasteiger partial charge >= 0.3 is 5.97 Å². The summed E-state index contributed by atoms with van der Waals surface area (Å²) in [6, 6.07) is 2.03. The van der Waals surface area contributed by atoms with E-state index in [1.54, 1.807) is 6.08 Å². The summed E-state index contributed by atoms with van der Waals surface area (Å²) in [7, 11) is 1.38. The third-order valence-electron chi connectivity index (χ3n) is 2.94. The highest BCUT2D eigenvalue weighted by atomic mass is 16.5. The molecular weight excluding hydrogens is 206 g/mol. The molecule has 0 radical (unpaired) electrons. The molecule has 0 aromatic heterocycles. The molecule has 16 heavy (non-hydrogen) atoms. The maximum atomic E-state index is 11.6. The summed E-state index contributed by atoms with van der Waals surface area (Å²) < 4.78 is 10.3. The number of methoxy groups -OCH3 is 1. The molecule has 1 aliphatic carbocycles. The van der Waals surface area contributed by atoms with E-state index in [0.29, 0.717) is 6.42 Å². The monoisotopic (exact) mass is 219 g/mol. The Morgan fingerprint density at radius 2 is 2.50 bits per heavy atom. The van der Waals surface area contributed by atoms with Crippen molar-refractivity contribution < 1.29 is 14.3 Å². The minimum absolute atomic E-state index is 0.261. The molecule has 1 heterocycles. The molecule has 2 aliphatic rings. The number of ether oxygens (including phenoxy) is 2. The van der Waals surface area contributed by atoms with Crippen molar-refractivity contribution in [1.29, 1.82) is 5.26 Å². The predicted molar refractivity (Wildman–Crippen MR) is 56.2 cm³/mol. The standard InChI is InChI=1S/C12H13NO3/c1-15-12(14)10-4-2-3-8-5-6-9(7-13)16-11(8)10/h3,5-6,9-11H,2,4H2,1H3/t9-,10-,11+/m0/s1. The van der Waals surface area contributed by atoms with Crippen LogP contribution < -0.4 is 0 Å². The van der Waals surface area contributed by atoms with E-state index in [4.69, 9.17) is 14.7 Å². The topological polar surface area (TPSA) is 59.3 Å². The van der Waals surface area contributed by atoms with E-state index in [1.165, 1.54) is 7.11 Å². The van der Waals surface area contributed by atoms with Gasteiger partial charge in [0.05, 0.1) is 25.2 Å². The molecule has 4 nitrogen and oxygen atoms in total. The van der Waals surface area contributed by atoms with E-state index in [1.807, 2.05) is 18.2 Å². The highest BCUT2D eigenvalue weighted by molar-refractivity contribution is 5.74. The second-order valence-corrected chi connectivity index (χ2v) is 3.88. The summed E-state index contributed by atoms with van der Waals surface area (Å²) in [6.07, 6.45) is 6.31. The molecule has 0 saturated carbocycles. The van der Waals surface area contributed by atoms with Crippen LogP contribution in [0.1, 0.15) is 12.8 Å². The Hall–Kier alpha value is -1.60. The minimum atomic E-state index is -0.563. The van der Waals surface area contributed by atoms with Crippen LogP contribution in [-0.4, -0.2) is 25.3 Å². The van der Waals surface area contributed by atoms with Crippen LogP contribution in [0.25, 0.3) is 0 Å². The number of carbonyl (C=O) groups excluding carboxylic acids is 1. The lowest BCUT2D eigenvalue weighted by molar-refractivity contribution is -0.151. The van der Waals surface area contributed by atoms with E-state index in [-0.39, 0.29) is 18.0 Å². The molecule has 0 unspecified atom stereocenters. The van der Waals surface area contributed by atoms with Crippen LogP contribution >= 0.6 is 0 Å². The lowest BCUT2D eigenvalue weighted by Crippen LogP contribution is -2.38. The first-order chi connectivity index (χ1) is 7.76. The zero-order chi connectivity index (χ0) is 11.5. The number of hydrogen-bond donors (Lipinski definition) is 0. The van der Waals surface area contributed by atoms with Crippen molar-refractivity contribution in [3.05, 3.63) is 23.8 Å². The maximum absolute atomic E-state index is 11.6. The van der Waals surface area contributed by atoms with Crippen molar-refractivity contribution in [2.75, 3.05) is 7.11 Å². The van der Waals surface area contributed by atoms with E-state index < -0.39 is 6.10 Å². The van der Waals surface area contributed by atoms with Gasteiger partial charge in [0.15, 0.2) is 6.10 Å². The van der Waals surface area contributed by atoms with Crippen LogP contribution in [0.2, 0.25) is 0 Å². The molecule has 3 atom stereocenters. The molecule has 1 aliphatic heterocycles. The van der Waals surface area contributed by atoms with Crippen LogP contribution in [0.4, 0.5) is 0 Å². The highest BCUT2D eigenvalue weighted by Crippen LogP contribution is 2.32. The Morgan fingerprint density at radius 3 is 3.19 bits per heavy atom. The first-order valence-corrected chi connectivity index (χ1v) is 5.27. The van der Waals surface area contributed by atoms with Crippen molar-refractivity contribution in [3.63, 3.8) is 0 Å². The Labute approximate surface area is 94.1 Å². The Bertz CT molecular complexity index is 392. The van der Waals surface area contributed by atoms with Crippen LogP contribution in [0, 0.1) is 17.2 Å². The fourth-order valence-corrected chi connectivity index (χ4v) is 2.13. The predicted octanol–water partition coefficient (Wildman–Crippen LogP) is 1.34. The van der Waals surface area contributed by atoms with Crippen molar-refractivity contribution in [3.8, 4) is 6.07 Å². The van der Waals surface area contributed by atoms with Gasteiger partial charge in [0, 0.05) is 0 Å². The van der Waals surface area contributed by atoms with Crippen LogP contribution in [-0.2, 0) is 14.3 Å². The number of rotatable bonds is 1. The average Bonchev–Trinajstić information content (AvgIpc) is 2.36. The van der Waals surface area contributed by atoms with Gasteiger partial charge in [-0.15, -0.1) is 0 Å². The van der Waals surface area contributed by atoms with Gasteiger partial charge in [-0.05, 0) is 24.5 Å².